The first-order chi connectivity index (χ1) is 12.6. The summed E-state index contributed by atoms with van der Waals surface area (Å²) in [6.07, 6.45) is 0. The summed E-state index contributed by atoms with van der Waals surface area (Å²) in [6.45, 7) is 5.56. The SMILES string of the molecule is CN1CCN2CCN(Cc3ccc(-c4ccc(Cl)cc4)cc3)C[C@@H]2C1=O. The summed E-state index contributed by atoms with van der Waals surface area (Å²) in [6, 6.07) is 16.6. The number of amides is 1. The van der Waals surface area contributed by atoms with Gasteiger partial charge in [0.2, 0.25) is 5.91 Å². The van der Waals surface area contributed by atoms with Crippen molar-refractivity contribution >= 4 is 17.5 Å². The number of hydrogen-bond acceptors (Lipinski definition) is 3. The fraction of sp³-hybridized carbons (Fsp3) is 0.381. The lowest BCUT2D eigenvalue weighted by Gasteiger charge is -2.45. The minimum absolute atomic E-state index is 0.0239. The fourth-order valence-corrected chi connectivity index (χ4v) is 3.99. The van der Waals surface area contributed by atoms with Crippen LogP contribution in [0.3, 0.4) is 0 Å². The third-order valence-corrected chi connectivity index (χ3v) is 5.75. The van der Waals surface area contributed by atoms with Crippen molar-refractivity contribution in [3.8, 4) is 11.1 Å². The second-order valence-electron chi connectivity index (χ2n) is 7.25. The quantitative estimate of drug-likeness (QED) is 0.832. The van der Waals surface area contributed by atoms with Crippen LogP contribution in [0.2, 0.25) is 5.02 Å². The van der Waals surface area contributed by atoms with E-state index in [1.54, 1.807) is 0 Å². The van der Waals surface area contributed by atoms with Crippen LogP contribution in [-0.2, 0) is 11.3 Å². The van der Waals surface area contributed by atoms with E-state index in [1.165, 1.54) is 16.7 Å². The lowest BCUT2D eigenvalue weighted by molar-refractivity contribution is -0.143. The number of hydrogen-bond donors (Lipinski definition) is 0. The van der Waals surface area contributed by atoms with Crippen LogP contribution in [-0.4, -0.2) is 66.4 Å². The molecule has 26 heavy (non-hydrogen) atoms. The first-order valence-corrected chi connectivity index (χ1v) is 9.54. The predicted octanol–water partition coefficient (Wildman–Crippen LogP) is 2.97. The largest absolute Gasteiger partial charge is 0.343 e. The smallest absolute Gasteiger partial charge is 0.241 e. The summed E-state index contributed by atoms with van der Waals surface area (Å²) in [5.41, 5.74) is 3.65. The number of carbonyl (C=O) groups is 1. The average molecular weight is 370 g/mol. The molecule has 0 saturated carbocycles. The molecule has 0 N–H and O–H groups in total. The van der Waals surface area contributed by atoms with Gasteiger partial charge >= 0.3 is 0 Å². The average Bonchev–Trinajstić information content (AvgIpc) is 2.66. The van der Waals surface area contributed by atoms with Crippen LogP contribution in [0.1, 0.15) is 5.56 Å². The molecule has 1 amide bonds. The third kappa shape index (κ3) is 3.63. The molecule has 2 saturated heterocycles. The molecule has 0 spiro atoms. The van der Waals surface area contributed by atoms with Gasteiger partial charge in [-0.15, -0.1) is 0 Å². The molecule has 2 heterocycles. The zero-order chi connectivity index (χ0) is 18.1. The number of rotatable bonds is 3. The molecule has 5 heteroatoms. The Bertz CT molecular complexity index is 775. The summed E-state index contributed by atoms with van der Waals surface area (Å²) in [7, 11) is 1.91. The van der Waals surface area contributed by atoms with Crippen molar-refractivity contribution in [1.82, 2.24) is 14.7 Å². The van der Waals surface area contributed by atoms with E-state index >= 15 is 0 Å². The second kappa shape index (κ2) is 7.39. The Morgan fingerprint density at radius 2 is 1.54 bits per heavy atom. The maximum atomic E-state index is 12.4. The monoisotopic (exact) mass is 369 g/mol. The van der Waals surface area contributed by atoms with Crippen LogP contribution in [0.4, 0.5) is 0 Å². The zero-order valence-corrected chi connectivity index (χ0v) is 15.8. The van der Waals surface area contributed by atoms with E-state index in [9.17, 15) is 4.79 Å². The highest BCUT2D eigenvalue weighted by Crippen LogP contribution is 2.23. The second-order valence-corrected chi connectivity index (χ2v) is 7.69. The molecule has 0 radical (unpaired) electrons. The molecule has 0 bridgehead atoms. The molecule has 4 rings (SSSR count). The number of likely N-dealkylation sites (N-methyl/N-ethyl adjacent to an activating group) is 1. The molecule has 0 aromatic heterocycles. The highest BCUT2D eigenvalue weighted by molar-refractivity contribution is 6.30. The Morgan fingerprint density at radius 1 is 0.923 bits per heavy atom. The number of benzene rings is 2. The van der Waals surface area contributed by atoms with Gasteiger partial charge in [-0.3, -0.25) is 14.6 Å². The predicted molar refractivity (Wildman–Crippen MR) is 105 cm³/mol. The van der Waals surface area contributed by atoms with E-state index in [2.05, 4.69) is 34.1 Å². The fourth-order valence-electron chi connectivity index (χ4n) is 3.87. The normalized spacial score (nSPS) is 21.7. The van der Waals surface area contributed by atoms with Crippen molar-refractivity contribution in [2.45, 2.75) is 12.6 Å². The van der Waals surface area contributed by atoms with Gasteiger partial charge in [0.05, 0.1) is 0 Å². The minimum atomic E-state index is 0.0239. The number of carbonyl (C=O) groups excluding carboxylic acids is 1. The molecule has 0 aliphatic carbocycles. The molecule has 0 unspecified atom stereocenters. The summed E-state index contributed by atoms with van der Waals surface area (Å²) in [5, 5.41) is 0.757. The molecule has 1 atom stereocenters. The molecular formula is C21H24ClN3O. The summed E-state index contributed by atoms with van der Waals surface area (Å²) < 4.78 is 0. The van der Waals surface area contributed by atoms with Gasteiger partial charge in [-0.1, -0.05) is 48.0 Å². The van der Waals surface area contributed by atoms with Crippen molar-refractivity contribution in [2.24, 2.45) is 0 Å². The van der Waals surface area contributed by atoms with Gasteiger partial charge in [0, 0.05) is 51.3 Å². The molecule has 2 fully saturated rings. The zero-order valence-electron chi connectivity index (χ0n) is 15.1. The lowest BCUT2D eigenvalue weighted by atomic mass is 10.0. The van der Waals surface area contributed by atoms with E-state index in [-0.39, 0.29) is 11.9 Å². The van der Waals surface area contributed by atoms with Crippen LogP contribution >= 0.6 is 11.6 Å². The van der Waals surface area contributed by atoms with E-state index in [1.807, 2.05) is 36.2 Å². The van der Waals surface area contributed by atoms with E-state index < -0.39 is 0 Å². The Morgan fingerprint density at radius 3 is 2.23 bits per heavy atom. The van der Waals surface area contributed by atoms with Crippen LogP contribution in [0.25, 0.3) is 11.1 Å². The van der Waals surface area contributed by atoms with Crippen molar-refractivity contribution in [3.05, 3.63) is 59.1 Å². The third-order valence-electron chi connectivity index (χ3n) is 5.50. The first-order valence-electron chi connectivity index (χ1n) is 9.16. The Labute approximate surface area is 160 Å². The highest BCUT2D eigenvalue weighted by Gasteiger charge is 2.36. The molecular weight excluding hydrogens is 346 g/mol. The van der Waals surface area contributed by atoms with Gasteiger partial charge < -0.3 is 4.90 Å². The highest BCUT2D eigenvalue weighted by atomic mass is 35.5. The summed E-state index contributed by atoms with van der Waals surface area (Å²) >= 11 is 5.96. The van der Waals surface area contributed by atoms with Crippen LogP contribution < -0.4 is 0 Å². The number of nitrogens with zero attached hydrogens (tertiary/aromatic N) is 3. The molecule has 2 aromatic rings. The maximum absolute atomic E-state index is 12.4. The van der Waals surface area contributed by atoms with Crippen molar-refractivity contribution in [1.29, 1.82) is 0 Å². The van der Waals surface area contributed by atoms with Gasteiger partial charge in [0.25, 0.3) is 0 Å². The Kier molecular flexibility index (Phi) is 4.98. The number of fused-ring (bicyclic) bond motifs is 1. The van der Waals surface area contributed by atoms with Crippen LogP contribution in [0.15, 0.2) is 48.5 Å². The van der Waals surface area contributed by atoms with E-state index in [0.717, 1.165) is 44.3 Å². The summed E-state index contributed by atoms with van der Waals surface area (Å²) in [5.74, 6) is 0.263. The van der Waals surface area contributed by atoms with Gasteiger partial charge in [-0.25, -0.2) is 0 Å². The van der Waals surface area contributed by atoms with E-state index in [4.69, 9.17) is 11.6 Å². The molecule has 136 valence electrons. The van der Waals surface area contributed by atoms with Crippen molar-refractivity contribution in [2.75, 3.05) is 39.8 Å². The van der Waals surface area contributed by atoms with Gasteiger partial charge in [0.1, 0.15) is 6.04 Å². The number of halogens is 1. The summed E-state index contributed by atoms with van der Waals surface area (Å²) in [4.78, 5) is 19.0. The standard InChI is InChI=1S/C21H24ClN3O/c1-23-10-12-25-13-11-24(15-20(25)21(23)26)14-16-2-4-17(5-3-16)18-6-8-19(22)9-7-18/h2-9,20H,10-15H2,1H3/t20-/m1/s1. The Hall–Kier alpha value is -1.88. The topological polar surface area (TPSA) is 26.8 Å². The van der Waals surface area contributed by atoms with Crippen molar-refractivity contribution < 1.29 is 4.79 Å². The molecule has 4 nitrogen and oxygen atoms in total. The molecule has 2 aromatic carbocycles. The first kappa shape index (κ1) is 17.5. The lowest BCUT2D eigenvalue weighted by Crippen LogP contribution is -2.63. The number of piperazine rings is 2. The molecule has 2 aliphatic rings. The van der Waals surface area contributed by atoms with Gasteiger partial charge in [-0.05, 0) is 28.8 Å². The minimum Gasteiger partial charge on any atom is -0.343 e. The van der Waals surface area contributed by atoms with Crippen LogP contribution in [0.5, 0.6) is 0 Å². The van der Waals surface area contributed by atoms with E-state index in [0.29, 0.717) is 0 Å². The Balaban J connectivity index is 1.41. The van der Waals surface area contributed by atoms with Gasteiger partial charge in [0.15, 0.2) is 0 Å². The van der Waals surface area contributed by atoms with Crippen molar-refractivity contribution in [3.63, 3.8) is 0 Å². The maximum Gasteiger partial charge on any atom is 0.241 e. The van der Waals surface area contributed by atoms with Crippen LogP contribution in [0, 0.1) is 0 Å². The van der Waals surface area contributed by atoms with Gasteiger partial charge in [-0.2, -0.15) is 0 Å². The molecule has 2 aliphatic heterocycles.